The summed E-state index contributed by atoms with van der Waals surface area (Å²) in [5.74, 6) is 0.488. The lowest BCUT2D eigenvalue weighted by Crippen LogP contribution is -2.25. The Morgan fingerprint density at radius 1 is 0.704 bits per heavy atom. The number of hydrogen-bond acceptors (Lipinski definition) is 3. The number of benzene rings is 2. The van der Waals surface area contributed by atoms with Crippen LogP contribution in [-0.2, 0) is 11.0 Å². The SMILES string of the molecule is CC(C)(C)c1c(-c2ccc(O)cc2)nn(C(C)(C)C)c1-c1ccc(O)cc1. The van der Waals surface area contributed by atoms with Gasteiger partial charge >= 0.3 is 0 Å². The third kappa shape index (κ3) is 3.70. The number of phenols is 2. The molecule has 0 aliphatic rings. The Morgan fingerprint density at radius 2 is 1.15 bits per heavy atom. The zero-order valence-electron chi connectivity index (χ0n) is 16.9. The third-order valence-corrected chi connectivity index (χ3v) is 4.55. The van der Waals surface area contributed by atoms with Gasteiger partial charge in [-0.05, 0) is 74.7 Å². The second-order valence-corrected chi connectivity index (χ2v) is 9.00. The molecule has 142 valence electrons. The van der Waals surface area contributed by atoms with E-state index in [1.807, 2.05) is 24.3 Å². The molecule has 2 aromatic carbocycles. The van der Waals surface area contributed by atoms with E-state index in [1.54, 1.807) is 24.3 Å². The summed E-state index contributed by atoms with van der Waals surface area (Å²) in [6, 6.07) is 14.5. The van der Waals surface area contributed by atoms with E-state index >= 15 is 0 Å². The van der Waals surface area contributed by atoms with Gasteiger partial charge < -0.3 is 10.2 Å². The summed E-state index contributed by atoms with van der Waals surface area (Å²) < 4.78 is 2.07. The molecule has 0 unspecified atom stereocenters. The molecule has 0 radical (unpaired) electrons. The minimum absolute atomic E-state index is 0.149. The van der Waals surface area contributed by atoms with Crippen LogP contribution in [0.15, 0.2) is 48.5 Å². The Kier molecular flexibility index (Phi) is 4.54. The maximum absolute atomic E-state index is 9.73. The average Bonchev–Trinajstić information content (AvgIpc) is 2.97. The van der Waals surface area contributed by atoms with Crippen LogP contribution >= 0.6 is 0 Å². The van der Waals surface area contributed by atoms with Crippen LogP contribution in [0.1, 0.15) is 47.1 Å². The van der Waals surface area contributed by atoms with Gasteiger partial charge in [0.25, 0.3) is 0 Å². The molecule has 1 heterocycles. The molecule has 0 saturated carbocycles. The molecule has 4 nitrogen and oxygen atoms in total. The van der Waals surface area contributed by atoms with Gasteiger partial charge in [0.15, 0.2) is 0 Å². The van der Waals surface area contributed by atoms with Crippen LogP contribution in [0.4, 0.5) is 0 Å². The van der Waals surface area contributed by atoms with Gasteiger partial charge in [-0.1, -0.05) is 20.8 Å². The van der Waals surface area contributed by atoms with Crippen LogP contribution in [-0.4, -0.2) is 20.0 Å². The lowest BCUT2D eigenvalue weighted by molar-refractivity contribution is 0.360. The maximum atomic E-state index is 9.73. The lowest BCUT2D eigenvalue weighted by Gasteiger charge is -2.26. The van der Waals surface area contributed by atoms with Crippen LogP contribution < -0.4 is 0 Å². The maximum Gasteiger partial charge on any atom is 0.115 e. The highest BCUT2D eigenvalue weighted by atomic mass is 16.3. The first-order valence-corrected chi connectivity index (χ1v) is 9.21. The van der Waals surface area contributed by atoms with E-state index in [0.29, 0.717) is 0 Å². The lowest BCUT2D eigenvalue weighted by atomic mass is 9.82. The van der Waals surface area contributed by atoms with Crippen LogP contribution in [0.5, 0.6) is 11.5 Å². The molecule has 1 aromatic heterocycles. The van der Waals surface area contributed by atoms with Gasteiger partial charge in [-0.3, -0.25) is 4.68 Å². The number of nitrogens with zero attached hydrogens (tertiary/aromatic N) is 2. The van der Waals surface area contributed by atoms with Gasteiger partial charge in [-0.15, -0.1) is 0 Å². The summed E-state index contributed by atoms with van der Waals surface area (Å²) in [6.07, 6.45) is 0. The van der Waals surface area contributed by atoms with E-state index in [0.717, 1.165) is 28.1 Å². The predicted molar refractivity (Wildman–Crippen MR) is 110 cm³/mol. The normalized spacial score (nSPS) is 12.4. The Labute approximate surface area is 161 Å². The average molecular weight is 364 g/mol. The van der Waals surface area contributed by atoms with E-state index in [4.69, 9.17) is 5.10 Å². The van der Waals surface area contributed by atoms with Crippen LogP contribution in [0.2, 0.25) is 0 Å². The third-order valence-electron chi connectivity index (χ3n) is 4.55. The van der Waals surface area contributed by atoms with Crippen molar-refractivity contribution in [2.24, 2.45) is 0 Å². The highest BCUT2D eigenvalue weighted by molar-refractivity contribution is 5.77. The summed E-state index contributed by atoms with van der Waals surface area (Å²) in [6.45, 7) is 13.0. The number of aromatic nitrogens is 2. The molecule has 3 rings (SSSR count). The molecule has 0 amide bonds. The van der Waals surface area contributed by atoms with Crippen molar-refractivity contribution in [3.05, 3.63) is 54.1 Å². The second-order valence-electron chi connectivity index (χ2n) is 9.00. The van der Waals surface area contributed by atoms with Crippen molar-refractivity contribution < 1.29 is 10.2 Å². The zero-order chi connectivity index (χ0) is 20.0. The summed E-state index contributed by atoms with van der Waals surface area (Å²) >= 11 is 0. The number of aromatic hydroxyl groups is 2. The molecule has 27 heavy (non-hydrogen) atoms. The Morgan fingerprint density at radius 3 is 1.56 bits per heavy atom. The molecule has 0 bridgehead atoms. The predicted octanol–water partition coefficient (Wildman–Crippen LogP) is 5.68. The molecular weight excluding hydrogens is 336 g/mol. The van der Waals surface area contributed by atoms with Gasteiger partial charge in [0.2, 0.25) is 0 Å². The van der Waals surface area contributed by atoms with Gasteiger partial charge in [0.05, 0.1) is 16.9 Å². The summed E-state index contributed by atoms with van der Waals surface area (Å²) in [5.41, 5.74) is 4.74. The van der Waals surface area contributed by atoms with E-state index in [9.17, 15) is 10.2 Å². The quantitative estimate of drug-likeness (QED) is 0.615. The Hall–Kier alpha value is -2.75. The molecule has 0 spiro atoms. The highest BCUT2D eigenvalue weighted by Crippen LogP contribution is 2.42. The number of hydrogen-bond donors (Lipinski definition) is 2. The van der Waals surface area contributed by atoms with E-state index in [1.165, 1.54) is 0 Å². The second kappa shape index (κ2) is 6.45. The van der Waals surface area contributed by atoms with Crippen molar-refractivity contribution in [1.82, 2.24) is 9.78 Å². The Bertz CT molecular complexity index is 938. The standard InChI is InChI=1S/C23H28N2O2/c1-22(2,3)19-20(15-7-11-17(26)12-8-15)24-25(23(4,5)6)21(19)16-9-13-18(27)14-10-16/h7-14,26-27H,1-6H3. The number of rotatable bonds is 2. The van der Waals surface area contributed by atoms with Crippen molar-refractivity contribution in [3.8, 4) is 34.0 Å². The van der Waals surface area contributed by atoms with Crippen molar-refractivity contribution in [3.63, 3.8) is 0 Å². The van der Waals surface area contributed by atoms with Gasteiger partial charge in [-0.2, -0.15) is 5.10 Å². The van der Waals surface area contributed by atoms with Crippen molar-refractivity contribution in [2.75, 3.05) is 0 Å². The van der Waals surface area contributed by atoms with Crippen molar-refractivity contribution in [1.29, 1.82) is 0 Å². The smallest absolute Gasteiger partial charge is 0.115 e. The highest BCUT2D eigenvalue weighted by Gasteiger charge is 2.32. The first-order valence-electron chi connectivity index (χ1n) is 9.21. The monoisotopic (exact) mass is 364 g/mol. The molecule has 0 aliphatic carbocycles. The first-order chi connectivity index (χ1) is 12.5. The molecular formula is C23H28N2O2. The van der Waals surface area contributed by atoms with Crippen LogP contribution in [0.25, 0.3) is 22.5 Å². The topological polar surface area (TPSA) is 58.3 Å². The molecule has 2 N–H and O–H groups in total. The van der Waals surface area contributed by atoms with Crippen LogP contribution in [0, 0.1) is 0 Å². The van der Waals surface area contributed by atoms with Crippen molar-refractivity contribution >= 4 is 0 Å². The minimum Gasteiger partial charge on any atom is -0.508 e. The first kappa shape index (κ1) is 19.0. The van der Waals surface area contributed by atoms with Gasteiger partial charge in [0, 0.05) is 16.7 Å². The zero-order valence-corrected chi connectivity index (χ0v) is 16.9. The largest absolute Gasteiger partial charge is 0.508 e. The fraction of sp³-hybridized carbons (Fsp3) is 0.348. The fourth-order valence-corrected chi connectivity index (χ4v) is 3.32. The molecule has 4 heteroatoms. The summed E-state index contributed by atoms with van der Waals surface area (Å²) in [5, 5.41) is 24.4. The minimum atomic E-state index is -0.220. The van der Waals surface area contributed by atoms with Crippen LogP contribution in [0.3, 0.4) is 0 Å². The fourth-order valence-electron chi connectivity index (χ4n) is 3.32. The molecule has 0 saturated heterocycles. The Balaban J connectivity index is 2.39. The van der Waals surface area contributed by atoms with E-state index in [2.05, 4.69) is 46.2 Å². The van der Waals surface area contributed by atoms with Gasteiger partial charge in [0.1, 0.15) is 11.5 Å². The van der Waals surface area contributed by atoms with Gasteiger partial charge in [-0.25, -0.2) is 0 Å². The summed E-state index contributed by atoms with van der Waals surface area (Å²) in [4.78, 5) is 0. The van der Waals surface area contributed by atoms with Crippen molar-refractivity contribution in [2.45, 2.75) is 52.5 Å². The molecule has 0 atom stereocenters. The van der Waals surface area contributed by atoms with E-state index in [-0.39, 0.29) is 22.5 Å². The number of phenolic OH excluding ortho intramolecular Hbond substituents is 2. The molecule has 3 aromatic rings. The summed E-state index contributed by atoms with van der Waals surface area (Å²) in [7, 11) is 0. The molecule has 0 aliphatic heterocycles. The molecule has 0 fully saturated rings. The van der Waals surface area contributed by atoms with E-state index < -0.39 is 0 Å².